The Kier molecular flexibility index (Phi) is 7.46. The standard InChI is InChI=1S/C17H27F3OSi/c1-4-22(5-2,6-3)14-8-7-13-21-16-11-9-15(10-12-16)17(18,19)20/h9-12H,4-8,13-14H2,1-3H3. The molecule has 0 radical (unpaired) electrons. The lowest BCUT2D eigenvalue weighted by Gasteiger charge is -2.27. The van der Waals surface area contributed by atoms with Gasteiger partial charge in [-0.25, -0.2) is 0 Å². The molecule has 0 saturated heterocycles. The Bertz CT molecular complexity index is 416. The van der Waals surface area contributed by atoms with Crippen molar-refractivity contribution >= 4 is 8.07 Å². The van der Waals surface area contributed by atoms with Crippen LogP contribution in [0.5, 0.6) is 5.75 Å². The molecule has 0 fully saturated rings. The largest absolute Gasteiger partial charge is 0.494 e. The van der Waals surface area contributed by atoms with Crippen molar-refractivity contribution in [2.24, 2.45) is 0 Å². The van der Waals surface area contributed by atoms with Crippen molar-refractivity contribution < 1.29 is 17.9 Å². The molecule has 0 aromatic heterocycles. The summed E-state index contributed by atoms with van der Waals surface area (Å²) in [5.74, 6) is 0.512. The number of halogens is 3. The average molecular weight is 332 g/mol. The summed E-state index contributed by atoms with van der Waals surface area (Å²) in [4.78, 5) is 0. The van der Waals surface area contributed by atoms with Crippen LogP contribution >= 0.6 is 0 Å². The molecule has 5 heteroatoms. The number of benzene rings is 1. The van der Waals surface area contributed by atoms with Crippen LogP contribution in [0.15, 0.2) is 24.3 Å². The van der Waals surface area contributed by atoms with E-state index in [-0.39, 0.29) is 0 Å². The molecular weight excluding hydrogens is 305 g/mol. The first-order valence-electron chi connectivity index (χ1n) is 8.17. The van der Waals surface area contributed by atoms with Gasteiger partial charge in [-0.1, -0.05) is 51.4 Å². The maximum Gasteiger partial charge on any atom is 0.416 e. The summed E-state index contributed by atoms with van der Waals surface area (Å²) in [5, 5.41) is 0. The summed E-state index contributed by atoms with van der Waals surface area (Å²) < 4.78 is 42.9. The van der Waals surface area contributed by atoms with E-state index >= 15 is 0 Å². The van der Waals surface area contributed by atoms with Gasteiger partial charge in [0.25, 0.3) is 0 Å². The topological polar surface area (TPSA) is 9.23 Å². The highest BCUT2D eigenvalue weighted by Crippen LogP contribution is 2.30. The second kappa shape index (κ2) is 8.60. The highest BCUT2D eigenvalue weighted by Gasteiger charge is 2.30. The van der Waals surface area contributed by atoms with Gasteiger partial charge in [-0.05, 0) is 30.7 Å². The fourth-order valence-electron chi connectivity index (χ4n) is 2.81. The predicted octanol–water partition coefficient (Wildman–Crippen LogP) is 6.37. The first-order chi connectivity index (χ1) is 10.4. The Hall–Kier alpha value is -0.973. The Balaban J connectivity index is 2.33. The number of unbranched alkanes of at least 4 members (excludes halogenated alkanes) is 1. The third kappa shape index (κ3) is 5.67. The van der Waals surface area contributed by atoms with Crippen LogP contribution < -0.4 is 4.74 Å². The molecule has 0 bridgehead atoms. The minimum Gasteiger partial charge on any atom is -0.494 e. The van der Waals surface area contributed by atoms with Crippen molar-refractivity contribution in [2.75, 3.05) is 6.61 Å². The number of rotatable bonds is 9. The summed E-state index contributed by atoms with van der Waals surface area (Å²) in [6.07, 6.45) is -2.16. The average Bonchev–Trinajstić information content (AvgIpc) is 2.51. The minimum atomic E-state index is -4.28. The van der Waals surface area contributed by atoms with Crippen molar-refractivity contribution in [3.8, 4) is 5.75 Å². The molecule has 1 rings (SSSR count). The zero-order chi connectivity index (χ0) is 16.6. The van der Waals surface area contributed by atoms with Crippen molar-refractivity contribution in [2.45, 2.75) is 64.0 Å². The molecule has 0 unspecified atom stereocenters. The summed E-state index contributed by atoms with van der Waals surface area (Å²) in [6, 6.07) is 10.3. The van der Waals surface area contributed by atoms with Crippen molar-refractivity contribution in [3.05, 3.63) is 29.8 Å². The molecule has 0 amide bonds. The van der Waals surface area contributed by atoms with Gasteiger partial charge < -0.3 is 4.74 Å². The van der Waals surface area contributed by atoms with Gasteiger partial charge in [-0.2, -0.15) is 13.2 Å². The maximum atomic E-state index is 12.4. The lowest BCUT2D eigenvalue weighted by molar-refractivity contribution is -0.137. The fraction of sp³-hybridized carbons (Fsp3) is 0.647. The molecule has 0 saturated carbocycles. The number of hydrogen-bond donors (Lipinski definition) is 0. The number of alkyl halides is 3. The van der Waals surface area contributed by atoms with Gasteiger partial charge in [-0.15, -0.1) is 0 Å². The Morgan fingerprint density at radius 2 is 1.45 bits per heavy atom. The van der Waals surface area contributed by atoms with Gasteiger partial charge >= 0.3 is 6.18 Å². The van der Waals surface area contributed by atoms with Crippen molar-refractivity contribution in [1.82, 2.24) is 0 Å². The lowest BCUT2D eigenvalue weighted by Crippen LogP contribution is -2.30. The summed E-state index contributed by atoms with van der Waals surface area (Å²) in [5.41, 5.74) is -0.635. The van der Waals surface area contributed by atoms with Crippen LogP contribution in [0, 0.1) is 0 Å². The molecule has 0 aliphatic rings. The SMILES string of the molecule is CC[Si](CC)(CC)CCCCOc1ccc(C(F)(F)F)cc1. The van der Waals surface area contributed by atoms with Crippen LogP contribution in [-0.2, 0) is 6.18 Å². The first kappa shape index (κ1) is 19.1. The summed E-state index contributed by atoms with van der Waals surface area (Å²) >= 11 is 0. The van der Waals surface area contributed by atoms with E-state index < -0.39 is 19.8 Å². The summed E-state index contributed by atoms with van der Waals surface area (Å²) in [6.45, 7) is 7.49. The van der Waals surface area contributed by atoms with Gasteiger partial charge in [-0.3, -0.25) is 0 Å². The van der Waals surface area contributed by atoms with Gasteiger partial charge in [0.05, 0.1) is 20.2 Å². The normalized spacial score (nSPS) is 12.5. The molecule has 1 aromatic rings. The van der Waals surface area contributed by atoms with Crippen LogP contribution in [0.1, 0.15) is 39.2 Å². The van der Waals surface area contributed by atoms with E-state index in [1.165, 1.54) is 36.3 Å². The minimum absolute atomic E-state index is 0.512. The monoisotopic (exact) mass is 332 g/mol. The molecule has 0 aliphatic heterocycles. The van der Waals surface area contributed by atoms with Crippen molar-refractivity contribution in [1.29, 1.82) is 0 Å². The Labute approximate surface area is 132 Å². The highest BCUT2D eigenvalue weighted by molar-refractivity contribution is 6.79. The molecule has 1 aromatic carbocycles. The summed E-state index contributed by atoms with van der Waals surface area (Å²) in [7, 11) is -1.06. The molecule has 1 nitrogen and oxygen atoms in total. The van der Waals surface area contributed by atoms with E-state index in [2.05, 4.69) is 20.8 Å². The smallest absolute Gasteiger partial charge is 0.416 e. The fourth-order valence-corrected chi connectivity index (χ4v) is 6.37. The van der Waals surface area contributed by atoms with E-state index in [9.17, 15) is 13.2 Å². The third-order valence-electron chi connectivity index (χ3n) is 4.80. The van der Waals surface area contributed by atoms with E-state index in [1.54, 1.807) is 0 Å². The maximum absolute atomic E-state index is 12.4. The molecular formula is C17H27F3OSi. The van der Waals surface area contributed by atoms with E-state index in [1.807, 2.05) is 0 Å². The van der Waals surface area contributed by atoms with Crippen LogP contribution in [0.3, 0.4) is 0 Å². The van der Waals surface area contributed by atoms with Crippen molar-refractivity contribution in [3.63, 3.8) is 0 Å². The second-order valence-electron chi connectivity index (χ2n) is 5.89. The molecule has 0 spiro atoms. The molecule has 22 heavy (non-hydrogen) atoms. The zero-order valence-corrected chi connectivity index (χ0v) is 14.8. The molecule has 0 atom stereocenters. The van der Waals surface area contributed by atoms with Crippen LogP contribution in [0.4, 0.5) is 13.2 Å². The number of hydrogen-bond acceptors (Lipinski definition) is 1. The molecule has 126 valence electrons. The van der Waals surface area contributed by atoms with Gasteiger partial charge in [0.1, 0.15) is 5.75 Å². The predicted molar refractivity (Wildman–Crippen MR) is 88.2 cm³/mol. The lowest BCUT2D eigenvalue weighted by atomic mass is 10.2. The van der Waals surface area contributed by atoms with Crippen LogP contribution in [-0.4, -0.2) is 14.7 Å². The van der Waals surface area contributed by atoms with Crippen LogP contribution in [0.25, 0.3) is 0 Å². The van der Waals surface area contributed by atoms with Gasteiger partial charge in [0, 0.05) is 0 Å². The van der Waals surface area contributed by atoms with Gasteiger partial charge in [0.2, 0.25) is 0 Å². The first-order valence-corrected chi connectivity index (χ1v) is 11.0. The second-order valence-corrected chi connectivity index (χ2v) is 11.5. The quantitative estimate of drug-likeness (QED) is 0.377. The Morgan fingerprint density at radius 3 is 1.91 bits per heavy atom. The number of ether oxygens (including phenoxy) is 1. The van der Waals surface area contributed by atoms with Crippen LogP contribution in [0.2, 0.25) is 24.2 Å². The van der Waals surface area contributed by atoms with E-state index in [0.29, 0.717) is 12.4 Å². The highest BCUT2D eigenvalue weighted by atomic mass is 28.3. The van der Waals surface area contributed by atoms with E-state index in [4.69, 9.17) is 4.74 Å². The Morgan fingerprint density at radius 1 is 0.909 bits per heavy atom. The third-order valence-corrected chi connectivity index (χ3v) is 10.7. The molecule has 0 heterocycles. The molecule has 0 N–H and O–H groups in total. The van der Waals surface area contributed by atoms with Gasteiger partial charge in [0.15, 0.2) is 0 Å². The molecule has 0 aliphatic carbocycles. The zero-order valence-electron chi connectivity index (χ0n) is 13.8. The van der Waals surface area contributed by atoms with E-state index in [0.717, 1.165) is 25.0 Å².